The maximum absolute atomic E-state index is 3.57. The molecule has 0 radical (unpaired) electrons. The lowest BCUT2D eigenvalue weighted by molar-refractivity contribution is 0.477. The Balaban J connectivity index is 1.86. The normalized spacial score (nSPS) is 11.7. The molecule has 19 heavy (non-hydrogen) atoms. The number of rotatable bonds is 6. The Hall–Kier alpha value is -0.770. The van der Waals surface area contributed by atoms with E-state index < -0.39 is 0 Å². The first-order valence-electron chi connectivity index (χ1n) is 6.49. The van der Waals surface area contributed by atoms with E-state index >= 15 is 0 Å². The zero-order chi connectivity index (χ0) is 13.7. The third-order valence-corrected chi connectivity index (χ3v) is 5.22. The molecule has 1 aromatic carbocycles. The van der Waals surface area contributed by atoms with Gasteiger partial charge in [-0.2, -0.15) is 0 Å². The minimum Gasteiger partial charge on any atom is -0.312 e. The van der Waals surface area contributed by atoms with Crippen molar-refractivity contribution in [3.8, 4) is 0 Å². The molecule has 3 heteroatoms. The lowest BCUT2D eigenvalue weighted by atomic mass is 9.91. The Kier molecular flexibility index (Phi) is 5.08. The quantitative estimate of drug-likeness (QED) is 0.784. The topological polar surface area (TPSA) is 12.0 Å². The van der Waals surface area contributed by atoms with Crippen LogP contribution in [0.3, 0.4) is 0 Å². The average molecular weight is 291 g/mol. The molecule has 1 nitrogen and oxygen atoms in total. The van der Waals surface area contributed by atoms with Gasteiger partial charge in [-0.1, -0.05) is 32.0 Å². The largest absolute Gasteiger partial charge is 0.312 e. The van der Waals surface area contributed by atoms with Crippen molar-refractivity contribution in [1.82, 2.24) is 5.32 Å². The molecule has 0 saturated heterocycles. The molecule has 0 unspecified atom stereocenters. The van der Waals surface area contributed by atoms with E-state index in [9.17, 15) is 0 Å². The van der Waals surface area contributed by atoms with E-state index in [2.05, 4.69) is 67.2 Å². The summed E-state index contributed by atoms with van der Waals surface area (Å²) < 4.78 is 0. The third kappa shape index (κ3) is 4.10. The van der Waals surface area contributed by atoms with Gasteiger partial charge in [0.15, 0.2) is 0 Å². The molecule has 0 atom stereocenters. The van der Waals surface area contributed by atoms with E-state index in [1.165, 1.54) is 15.3 Å². The minimum atomic E-state index is 0.202. The van der Waals surface area contributed by atoms with Gasteiger partial charge in [0.1, 0.15) is 0 Å². The SMILES string of the molecule is CSc1ccc(CNCC(C)(C)c2cccs2)cc1. The molecule has 0 bridgehead atoms. The first kappa shape index (κ1) is 14.6. The summed E-state index contributed by atoms with van der Waals surface area (Å²) in [6.07, 6.45) is 2.11. The zero-order valence-corrected chi connectivity index (χ0v) is 13.4. The maximum Gasteiger partial charge on any atom is 0.0205 e. The van der Waals surface area contributed by atoms with Crippen molar-refractivity contribution in [3.05, 3.63) is 52.2 Å². The molecule has 1 aromatic heterocycles. The summed E-state index contributed by atoms with van der Waals surface area (Å²) >= 11 is 3.62. The average Bonchev–Trinajstić information content (AvgIpc) is 2.94. The second kappa shape index (κ2) is 6.60. The number of thioether (sulfide) groups is 1. The summed E-state index contributed by atoms with van der Waals surface area (Å²) in [4.78, 5) is 2.76. The monoisotopic (exact) mass is 291 g/mol. The number of hydrogen-bond acceptors (Lipinski definition) is 3. The molecule has 0 spiro atoms. The summed E-state index contributed by atoms with van der Waals surface area (Å²) in [5.41, 5.74) is 1.55. The Morgan fingerprint density at radius 2 is 1.89 bits per heavy atom. The Bertz CT molecular complexity index is 486. The summed E-state index contributed by atoms with van der Waals surface area (Å²) in [5.74, 6) is 0. The summed E-state index contributed by atoms with van der Waals surface area (Å²) in [5, 5.41) is 5.72. The van der Waals surface area contributed by atoms with Crippen LogP contribution in [0.1, 0.15) is 24.3 Å². The van der Waals surface area contributed by atoms with Crippen molar-refractivity contribution in [2.24, 2.45) is 0 Å². The Morgan fingerprint density at radius 3 is 2.47 bits per heavy atom. The van der Waals surface area contributed by atoms with Gasteiger partial charge in [0.25, 0.3) is 0 Å². The van der Waals surface area contributed by atoms with Crippen molar-refractivity contribution in [2.45, 2.75) is 30.7 Å². The van der Waals surface area contributed by atoms with Gasteiger partial charge in [-0.15, -0.1) is 23.1 Å². The molecule has 0 amide bonds. The lowest BCUT2D eigenvalue weighted by Gasteiger charge is -2.23. The highest BCUT2D eigenvalue weighted by atomic mass is 32.2. The molecule has 102 valence electrons. The Labute approximate surface area is 124 Å². The highest BCUT2D eigenvalue weighted by Gasteiger charge is 2.20. The van der Waals surface area contributed by atoms with Gasteiger partial charge in [0.2, 0.25) is 0 Å². The van der Waals surface area contributed by atoms with E-state index in [-0.39, 0.29) is 5.41 Å². The molecular weight excluding hydrogens is 270 g/mol. The van der Waals surface area contributed by atoms with Gasteiger partial charge < -0.3 is 5.32 Å². The van der Waals surface area contributed by atoms with Crippen molar-refractivity contribution >= 4 is 23.1 Å². The molecular formula is C16H21NS2. The fraction of sp³-hybridized carbons (Fsp3) is 0.375. The predicted octanol–water partition coefficient (Wildman–Crippen LogP) is 4.54. The highest BCUT2D eigenvalue weighted by molar-refractivity contribution is 7.98. The van der Waals surface area contributed by atoms with Crippen LogP contribution < -0.4 is 5.32 Å². The van der Waals surface area contributed by atoms with E-state index in [1.807, 2.05) is 11.3 Å². The zero-order valence-electron chi connectivity index (χ0n) is 11.8. The molecule has 0 fully saturated rings. The fourth-order valence-electron chi connectivity index (χ4n) is 2.01. The second-order valence-electron chi connectivity index (χ2n) is 5.31. The molecule has 2 aromatic rings. The second-order valence-corrected chi connectivity index (χ2v) is 7.14. The summed E-state index contributed by atoms with van der Waals surface area (Å²) in [6.45, 7) is 6.52. The van der Waals surface area contributed by atoms with E-state index in [0.29, 0.717) is 0 Å². The first-order valence-corrected chi connectivity index (χ1v) is 8.60. The van der Waals surface area contributed by atoms with Crippen LogP contribution in [-0.2, 0) is 12.0 Å². The van der Waals surface area contributed by atoms with Crippen molar-refractivity contribution < 1.29 is 0 Å². The van der Waals surface area contributed by atoms with Gasteiger partial charge >= 0.3 is 0 Å². The number of hydrogen-bond donors (Lipinski definition) is 1. The molecule has 1 heterocycles. The summed E-state index contributed by atoms with van der Waals surface area (Å²) in [7, 11) is 0. The third-order valence-electron chi connectivity index (χ3n) is 3.24. The molecule has 2 rings (SSSR count). The van der Waals surface area contributed by atoms with Crippen LogP contribution in [0, 0.1) is 0 Å². The lowest BCUT2D eigenvalue weighted by Crippen LogP contribution is -2.31. The minimum absolute atomic E-state index is 0.202. The van der Waals surface area contributed by atoms with E-state index in [4.69, 9.17) is 0 Å². The molecule has 0 aliphatic rings. The van der Waals surface area contributed by atoms with Crippen molar-refractivity contribution in [1.29, 1.82) is 0 Å². The van der Waals surface area contributed by atoms with Crippen LogP contribution in [0.25, 0.3) is 0 Å². The van der Waals surface area contributed by atoms with Gasteiger partial charge in [-0.05, 0) is 35.4 Å². The highest BCUT2D eigenvalue weighted by Crippen LogP contribution is 2.26. The Morgan fingerprint density at radius 1 is 1.16 bits per heavy atom. The summed E-state index contributed by atoms with van der Waals surface area (Å²) in [6, 6.07) is 13.1. The van der Waals surface area contributed by atoms with Crippen LogP contribution in [0.2, 0.25) is 0 Å². The van der Waals surface area contributed by atoms with Crippen LogP contribution in [0.5, 0.6) is 0 Å². The standard InChI is InChI=1S/C16H21NS2/c1-16(2,15-5-4-10-19-15)12-17-11-13-6-8-14(18-3)9-7-13/h4-10,17H,11-12H2,1-3H3. The van der Waals surface area contributed by atoms with Gasteiger partial charge in [-0.25, -0.2) is 0 Å². The number of thiophene rings is 1. The van der Waals surface area contributed by atoms with Crippen LogP contribution in [0.4, 0.5) is 0 Å². The molecule has 1 N–H and O–H groups in total. The number of nitrogens with one attached hydrogen (secondary N) is 1. The van der Waals surface area contributed by atoms with Crippen LogP contribution >= 0.6 is 23.1 Å². The fourth-order valence-corrected chi connectivity index (χ4v) is 3.27. The number of benzene rings is 1. The van der Waals surface area contributed by atoms with E-state index in [0.717, 1.165) is 13.1 Å². The van der Waals surface area contributed by atoms with Gasteiger partial charge in [0, 0.05) is 28.3 Å². The molecule has 0 aliphatic carbocycles. The molecule has 0 saturated carbocycles. The van der Waals surface area contributed by atoms with E-state index in [1.54, 1.807) is 11.8 Å². The smallest absolute Gasteiger partial charge is 0.0205 e. The predicted molar refractivity (Wildman–Crippen MR) is 87.3 cm³/mol. The maximum atomic E-state index is 3.57. The van der Waals surface area contributed by atoms with Crippen LogP contribution in [0.15, 0.2) is 46.7 Å². The first-order chi connectivity index (χ1) is 9.12. The van der Waals surface area contributed by atoms with Crippen molar-refractivity contribution in [2.75, 3.05) is 12.8 Å². The van der Waals surface area contributed by atoms with Gasteiger partial charge in [-0.3, -0.25) is 0 Å². The van der Waals surface area contributed by atoms with Crippen molar-refractivity contribution in [3.63, 3.8) is 0 Å². The molecule has 0 aliphatic heterocycles. The van der Waals surface area contributed by atoms with Crippen LogP contribution in [-0.4, -0.2) is 12.8 Å². The van der Waals surface area contributed by atoms with Gasteiger partial charge in [0.05, 0.1) is 0 Å².